The van der Waals surface area contributed by atoms with E-state index >= 15 is 0 Å². The molecule has 1 aliphatic heterocycles. The summed E-state index contributed by atoms with van der Waals surface area (Å²) in [6.45, 7) is 6.70. The highest BCUT2D eigenvalue weighted by Crippen LogP contribution is 2.37. The van der Waals surface area contributed by atoms with Crippen LogP contribution in [0.5, 0.6) is 0 Å². The lowest BCUT2D eigenvalue weighted by Gasteiger charge is -2.37. The van der Waals surface area contributed by atoms with Crippen molar-refractivity contribution < 1.29 is 0 Å². The second-order valence-corrected chi connectivity index (χ2v) is 8.24. The largest absolute Gasteiger partial charge is 0.304 e. The zero-order valence-corrected chi connectivity index (χ0v) is 16.3. The SMILES string of the molecule is CC(c1cc(Cl)ccc1Sc1ccc(Cl)cc1)N1CCN(C)CC1. The molecule has 2 aromatic carbocycles. The summed E-state index contributed by atoms with van der Waals surface area (Å²) >= 11 is 14.1. The monoisotopic (exact) mass is 380 g/mol. The van der Waals surface area contributed by atoms with Crippen LogP contribution in [-0.2, 0) is 0 Å². The molecule has 0 amide bonds. The molecule has 0 bridgehead atoms. The minimum Gasteiger partial charge on any atom is -0.304 e. The zero-order valence-electron chi connectivity index (χ0n) is 14.0. The van der Waals surface area contributed by atoms with Gasteiger partial charge in [-0.2, -0.15) is 0 Å². The smallest absolute Gasteiger partial charge is 0.0410 e. The Balaban J connectivity index is 1.83. The van der Waals surface area contributed by atoms with E-state index in [2.05, 4.69) is 48.0 Å². The lowest BCUT2D eigenvalue weighted by molar-refractivity contribution is 0.118. The molecule has 0 spiro atoms. The van der Waals surface area contributed by atoms with Crippen LogP contribution in [-0.4, -0.2) is 43.0 Å². The first-order chi connectivity index (χ1) is 11.5. The second-order valence-electron chi connectivity index (χ2n) is 6.25. The third-order valence-electron chi connectivity index (χ3n) is 4.55. The molecule has 1 aliphatic rings. The molecule has 3 rings (SSSR count). The first-order valence-corrected chi connectivity index (χ1v) is 9.75. The molecule has 0 N–H and O–H groups in total. The average Bonchev–Trinajstić information content (AvgIpc) is 2.58. The van der Waals surface area contributed by atoms with Crippen LogP contribution in [0.4, 0.5) is 0 Å². The number of halogens is 2. The maximum atomic E-state index is 6.29. The number of rotatable bonds is 4. The molecule has 5 heteroatoms. The molecule has 1 fully saturated rings. The highest BCUT2D eigenvalue weighted by Gasteiger charge is 2.22. The number of hydrogen-bond acceptors (Lipinski definition) is 3. The molecule has 128 valence electrons. The molecule has 1 unspecified atom stereocenters. The van der Waals surface area contributed by atoms with Gasteiger partial charge in [-0.3, -0.25) is 4.90 Å². The maximum absolute atomic E-state index is 6.29. The van der Waals surface area contributed by atoms with E-state index in [1.807, 2.05) is 18.2 Å². The van der Waals surface area contributed by atoms with Gasteiger partial charge in [0, 0.05) is 52.1 Å². The molecule has 0 radical (unpaired) electrons. The van der Waals surface area contributed by atoms with Crippen molar-refractivity contribution in [3.8, 4) is 0 Å². The first kappa shape index (κ1) is 18.1. The quantitative estimate of drug-likeness (QED) is 0.695. The molecule has 0 saturated carbocycles. The summed E-state index contributed by atoms with van der Waals surface area (Å²) in [5.74, 6) is 0. The van der Waals surface area contributed by atoms with Crippen LogP contribution >= 0.6 is 35.0 Å². The molecular formula is C19H22Cl2N2S. The fourth-order valence-electron chi connectivity index (χ4n) is 2.97. The third kappa shape index (κ3) is 4.47. The Morgan fingerprint density at radius 2 is 1.54 bits per heavy atom. The summed E-state index contributed by atoms with van der Waals surface area (Å²) in [4.78, 5) is 7.36. The van der Waals surface area contributed by atoms with Gasteiger partial charge >= 0.3 is 0 Å². The van der Waals surface area contributed by atoms with Crippen LogP contribution in [0.25, 0.3) is 0 Å². The minimum absolute atomic E-state index is 0.354. The molecule has 24 heavy (non-hydrogen) atoms. The molecule has 1 heterocycles. The van der Waals surface area contributed by atoms with E-state index < -0.39 is 0 Å². The van der Waals surface area contributed by atoms with Crippen molar-refractivity contribution >= 4 is 35.0 Å². The minimum atomic E-state index is 0.354. The highest BCUT2D eigenvalue weighted by atomic mass is 35.5. The van der Waals surface area contributed by atoms with E-state index in [0.29, 0.717) is 6.04 Å². The number of piperazine rings is 1. The van der Waals surface area contributed by atoms with Gasteiger partial charge in [0.15, 0.2) is 0 Å². The normalized spacial score (nSPS) is 17.8. The molecular weight excluding hydrogens is 359 g/mol. The van der Waals surface area contributed by atoms with Gasteiger partial charge in [-0.1, -0.05) is 35.0 Å². The molecule has 0 aromatic heterocycles. The maximum Gasteiger partial charge on any atom is 0.0410 e. The average molecular weight is 381 g/mol. The van der Waals surface area contributed by atoms with E-state index in [0.717, 1.165) is 36.2 Å². The number of nitrogens with zero attached hydrogens (tertiary/aromatic N) is 2. The van der Waals surface area contributed by atoms with Gasteiger partial charge in [-0.05, 0) is 62.0 Å². The van der Waals surface area contributed by atoms with Crippen LogP contribution in [0.15, 0.2) is 52.3 Å². The summed E-state index contributed by atoms with van der Waals surface area (Å²) in [7, 11) is 2.18. The topological polar surface area (TPSA) is 6.48 Å². The molecule has 1 saturated heterocycles. The fraction of sp³-hybridized carbons (Fsp3) is 0.368. The van der Waals surface area contributed by atoms with Gasteiger partial charge in [-0.25, -0.2) is 0 Å². The number of likely N-dealkylation sites (N-methyl/N-ethyl adjacent to an activating group) is 1. The van der Waals surface area contributed by atoms with Crippen molar-refractivity contribution in [1.82, 2.24) is 9.80 Å². The van der Waals surface area contributed by atoms with E-state index in [-0.39, 0.29) is 0 Å². The molecule has 0 aliphatic carbocycles. The Kier molecular flexibility index (Phi) is 6.12. The number of hydrogen-bond donors (Lipinski definition) is 0. The highest BCUT2D eigenvalue weighted by molar-refractivity contribution is 7.99. The van der Waals surface area contributed by atoms with Crippen molar-refractivity contribution in [2.45, 2.75) is 22.8 Å². The van der Waals surface area contributed by atoms with E-state index in [9.17, 15) is 0 Å². The van der Waals surface area contributed by atoms with Crippen molar-refractivity contribution in [1.29, 1.82) is 0 Å². The van der Waals surface area contributed by atoms with Gasteiger partial charge in [0.2, 0.25) is 0 Å². The van der Waals surface area contributed by atoms with Crippen molar-refractivity contribution in [3.63, 3.8) is 0 Å². The molecule has 2 nitrogen and oxygen atoms in total. The summed E-state index contributed by atoms with van der Waals surface area (Å²) in [6, 6.07) is 14.6. The van der Waals surface area contributed by atoms with Gasteiger partial charge in [0.1, 0.15) is 0 Å². The standard InChI is InChI=1S/C19H22Cl2N2S/c1-14(23-11-9-22(2)10-12-23)18-13-16(21)5-8-19(18)24-17-6-3-15(20)4-7-17/h3-8,13-14H,9-12H2,1-2H3. The Morgan fingerprint density at radius 1 is 0.917 bits per heavy atom. The van der Waals surface area contributed by atoms with Gasteiger partial charge in [0.25, 0.3) is 0 Å². The van der Waals surface area contributed by atoms with Crippen LogP contribution in [0.1, 0.15) is 18.5 Å². The van der Waals surface area contributed by atoms with E-state index in [1.54, 1.807) is 11.8 Å². The Morgan fingerprint density at radius 3 is 2.21 bits per heavy atom. The van der Waals surface area contributed by atoms with Gasteiger partial charge in [-0.15, -0.1) is 0 Å². The van der Waals surface area contributed by atoms with Crippen molar-refractivity contribution in [2.24, 2.45) is 0 Å². The first-order valence-electron chi connectivity index (χ1n) is 8.18. The molecule has 2 aromatic rings. The van der Waals surface area contributed by atoms with Crippen LogP contribution in [0, 0.1) is 0 Å². The van der Waals surface area contributed by atoms with E-state index in [4.69, 9.17) is 23.2 Å². The zero-order chi connectivity index (χ0) is 17.1. The van der Waals surface area contributed by atoms with E-state index in [1.165, 1.54) is 15.4 Å². The Hall–Kier alpha value is -0.710. The summed E-state index contributed by atoms with van der Waals surface area (Å²) < 4.78 is 0. The summed E-state index contributed by atoms with van der Waals surface area (Å²) in [6.07, 6.45) is 0. The second kappa shape index (κ2) is 8.11. The third-order valence-corrected chi connectivity index (χ3v) is 6.14. The lowest BCUT2D eigenvalue weighted by Crippen LogP contribution is -2.45. The fourth-order valence-corrected chi connectivity index (χ4v) is 4.29. The predicted molar refractivity (Wildman–Crippen MR) is 105 cm³/mol. The number of benzene rings is 2. The van der Waals surface area contributed by atoms with Crippen molar-refractivity contribution in [2.75, 3.05) is 33.2 Å². The van der Waals surface area contributed by atoms with Crippen molar-refractivity contribution in [3.05, 3.63) is 58.1 Å². The van der Waals surface area contributed by atoms with Crippen LogP contribution in [0.2, 0.25) is 10.0 Å². The Bertz CT molecular complexity index is 682. The molecule has 1 atom stereocenters. The summed E-state index contributed by atoms with van der Waals surface area (Å²) in [5.41, 5.74) is 1.30. The van der Waals surface area contributed by atoms with Crippen LogP contribution in [0.3, 0.4) is 0 Å². The van der Waals surface area contributed by atoms with Crippen LogP contribution < -0.4 is 0 Å². The predicted octanol–water partition coefficient (Wildman–Crippen LogP) is 5.45. The van der Waals surface area contributed by atoms with Gasteiger partial charge in [0.05, 0.1) is 0 Å². The lowest BCUT2D eigenvalue weighted by atomic mass is 10.1. The van der Waals surface area contributed by atoms with Gasteiger partial charge < -0.3 is 4.90 Å². The Labute approximate surface area is 158 Å². The summed E-state index contributed by atoms with van der Waals surface area (Å²) in [5, 5.41) is 1.56.